The molecule has 1 aromatic carbocycles. The SMILES string of the molecule is O=C([C@@H]1CCCN1C1=NS(=O)(=O)c2ccccc21)N1CCCC(c2nccs2)C1. The topological polar surface area (TPSA) is 82.9 Å². The first-order chi connectivity index (χ1) is 14.0. The average molecular weight is 431 g/mol. The van der Waals surface area contributed by atoms with Crippen LogP contribution < -0.4 is 0 Å². The Morgan fingerprint density at radius 2 is 1.97 bits per heavy atom. The Balaban J connectivity index is 1.39. The van der Waals surface area contributed by atoms with Crippen LogP contribution in [0.2, 0.25) is 0 Å². The van der Waals surface area contributed by atoms with Gasteiger partial charge in [-0.1, -0.05) is 12.1 Å². The Hall–Kier alpha value is -2.26. The Morgan fingerprint density at radius 3 is 2.79 bits per heavy atom. The first kappa shape index (κ1) is 18.7. The van der Waals surface area contributed by atoms with Crippen LogP contribution in [0, 0.1) is 0 Å². The number of carbonyl (C=O) groups excluding carboxylic acids is 1. The van der Waals surface area contributed by atoms with Crippen molar-refractivity contribution in [3.63, 3.8) is 0 Å². The first-order valence-corrected chi connectivity index (χ1v) is 12.3. The highest BCUT2D eigenvalue weighted by atomic mass is 32.2. The molecule has 0 bridgehead atoms. The summed E-state index contributed by atoms with van der Waals surface area (Å²) < 4.78 is 29.0. The van der Waals surface area contributed by atoms with Crippen molar-refractivity contribution in [2.24, 2.45) is 4.40 Å². The van der Waals surface area contributed by atoms with Crippen molar-refractivity contribution >= 4 is 33.1 Å². The van der Waals surface area contributed by atoms with Gasteiger partial charge in [0.1, 0.15) is 10.9 Å². The zero-order valence-electron chi connectivity index (χ0n) is 15.9. The molecule has 2 atom stereocenters. The summed E-state index contributed by atoms with van der Waals surface area (Å²) in [5.41, 5.74) is 0.603. The molecule has 0 saturated carbocycles. The summed E-state index contributed by atoms with van der Waals surface area (Å²) in [5.74, 6) is 0.783. The zero-order valence-corrected chi connectivity index (χ0v) is 17.5. The van der Waals surface area contributed by atoms with Crippen LogP contribution in [0.4, 0.5) is 0 Å². The molecule has 0 spiro atoms. The van der Waals surface area contributed by atoms with E-state index in [-0.39, 0.29) is 22.8 Å². The molecule has 5 rings (SSSR count). The largest absolute Gasteiger partial charge is 0.343 e. The highest BCUT2D eigenvalue weighted by Crippen LogP contribution is 2.33. The molecule has 1 amide bonds. The van der Waals surface area contributed by atoms with Crippen LogP contribution in [-0.2, 0) is 14.8 Å². The number of rotatable bonds is 2. The Labute approximate surface area is 174 Å². The fourth-order valence-corrected chi connectivity index (χ4v) is 6.58. The second-order valence-corrected chi connectivity index (χ2v) is 10.2. The number of aromatic nitrogens is 1. The lowest BCUT2D eigenvalue weighted by molar-refractivity contribution is -0.136. The number of piperidine rings is 1. The number of amidine groups is 1. The normalized spacial score (nSPS) is 25.7. The minimum atomic E-state index is -3.69. The Morgan fingerprint density at radius 1 is 1.14 bits per heavy atom. The molecule has 1 aromatic heterocycles. The molecule has 1 unspecified atom stereocenters. The van der Waals surface area contributed by atoms with Crippen LogP contribution in [0.5, 0.6) is 0 Å². The molecule has 2 fully saturated rings. The molecule has 9 heteroatoms. The molecule has 2 saturated heterocycles. The van der Waals surface area contributed by atoms with Crippen molar-refractivity contribution in [1.82, 2.24) is 14.8 Å². The fraction of sp³-hybridized carbons (Fsp3) is 0.450. The van der Waals surface area contributed by atoms with Gasteiger partial charge in [-0.05, 0) is 37.8 Å². The summed E-state index contributed by atoms with van der Waals surface area (Å²) in [6, 6.07) is 6.51. The molecule has 7 nitrogen and oxygen atoms in total. The van der Waals surface area contributed by atoms with Crippen LogP contribution in [0.15, 0.2) is 45.1 Å². The minimum Gasteiger partial charge on any atom is -0.343 e. The molecule has 2 aromatic rings. The highest BCUT2D eigenvalue weighted by Gasteiger charge is 2.41. The second-order valence-electron chi connectivity index (χ2n) is 7.73. The number of hydrogen-bond donors (Lipinski definition) is 0. The molecule has 0 aliphatic carbocycles. The maximum atomic E-state index is 13.4. The summed E-state index contributed by atoms with van der Waals surface area (Å²) in [7, 11) is -3.69. The molecular weight excluding hydrogens is 408 g/mol. The smallest absolute Gasteiger partial charge is 0.285 e. The van der Waals surface area contributed by atoms with Gasteiger partial charge in [0.25, 0.3) is 10.0 Å². The van der Waals surface area contributed by atoms with E-state index in [2.05, 4.69) is 9.38 Å². The van der Waals surface area contributed by atoms with E-state index in [0.717, 1.165) is 37.2 Å². The van der Waals surface area contributed by atoms with Gasteiger partial charge in [0.2, 0.25) is 5.91 Å². The van der Waals surface area contributed by atoms with Crippen LogP contribution in [0.25, 0.3) is 0 Å². The van der Waals surface area contributed by atoms with Gasteiger partial charge >= 0.3 is 0 Å². The van der Waals surface area contributed by atoms with Crippen molar-refractivity contribution in [2.45, 2.75) is 42.5 Å². The number of hydrogen-bond acceptors (Lipinski definition) is 6. The summed E-state index contributed by atoms with van der Waals surface area (Å²) in [5, 5.41) is 3.07. The average Bonchev–Trinajstić information content (AvgIpc) is 3.47. The maximum absolute atomic E-state index is 13.4. The van der Waals surface area contributed by atoms with E-state index >= 15 is 0 Å². The van der Waals surface area contributed by atoms with Crippen LogP contribution in [0.3, 0.4) is 0 Å². The number of likely N-dealkylation sites (tertiary alicyclic amines) is 2. The lowest BCUT2D eigenvalue weighted by Crippen LogP contribution is -2.50. The van der Waals surface area contributed by atoms with Crippen LogP contribution in [-0.4, -0.2) is 60.6 Å². The van der Waals surface area contributed by atoms with E-state index in [9.17, 15) is 13.2 Å². The van der Waals surface area contributed by atoms with Gasteiger partial charge in [-0.3, -0.25) is 4.79 Å². The quantitative estimate of drug-likeness (QED) is 0.731. The highest BCUT2D eigenvalue weighted by molar-refractivity contribution is 7.90. The van der Waals surface area contributed by atoms with E-state index in [0.29, 0.717) is 24.5 Å². The number of nitrogens with zero attached hydrogens (tertiary/aromatic N) is 4. The molecule has 3 aliphatic rings. The molecule has 3 aliphatic heterocycles. The number of thiazole rings is 1. The number of benzene rings is 1. The molecule has 4 heterocycles. The van der Waals surface area contributed by atoms with Gasteiger partial charge in [-0.25, -0.2) is 4.98 Å². The molecule has 152 valence electrons. The van der Waals surface area contributed by atoms with Gasteiger partial charge in [0.15, 0.2) is 5.84 Å². The van der Waals surface area contributed by atoms with Crippen LogP contribution >= 0.6 is 11.3 Å². The summed E-state index contributed by atoms with van der Waals surface area (Å²) in [6.07, 6.45) is 5.39. The predicted molar refractivity (Wildman–Crippen MR) is 111 cm³/mol. The zero-order chi connectivity index (χ0) is 20.0. The van der Waals surface area contributed by atoms with Gasteiger partial charge in [-0.15, -0.1) is 15.7 Å². The third-order valence-electron chi connectivity index (χ3n) is 5.96. The molecular formula is C20H22N4O3S2. The monoisotopic (exact) mass is 430 g/mol. The molecule has 0 N–H and O–H groups in total. The number of amides is 1. The predicted octanol–water partition coefficient (Wildman–Crippen LogP) is 2.46. The van der Waals surface area contributed by atoms with Crippen molar-refractivity contribution in [2.75, 3.05) is 19.6 Å². The first-order valence-electron chi connectivity index (χ1n) is 9.94. The lowest BCUT2D eigenvalue weighted by atomic mass is 9.97. The third-order valence-corrected chi connectivity index (χ3v) is 8.22. The third kappa shape index (κ3) is 3.26. The second kappa shape index (κ2) is 7.21. The fourth-order valence-electron chi connectivity index (χ4n) is 4.60. The van der Waals surface area contributed by atoms with Gasteiger partial charge in [-0.2, -0.15) is 8.42 Å². The van der Waals surface area contributed by atoms with E-state index in [1.807, 2.05) is 27.4 Å². The standard InChI is InChI=1S/C20H22N4O3S2/c25-20(23-10-3-5-14(13-23)19-21-9-12-28-19)16-7-4-11-24(16)18-15-6-1-2-8-17(15)29(26,27)22-18/h1-2,6,8-9,12,14,16H,3-5,7,10-11,13H2/t14?,16-/m0/s1. The number of sulfonamides is 1. The van der Waals surface area contributed by atoms with Gasteiger partial charge in [0.05, 0.1) is 5.01 Å². The Kier molecular flexibility index (Phi) is 4.66. The molecule has 29 heavy (non-hydrogen) atoms. The summed E-state index contributed by atoms with van der Waals surface area (Å²) in [6.45, 7) is 2.06. The maximum Gasteiger partial charge on any atom is 0.285 e. The number of carbonyl (C=O) groups is 1. The van der Waals surface area contributed by atoms with Crippen molar-refractivity contribution in [1.29, 1.82) is 0 Å². The van der Waals surface area contributed by atoms with Crippen LogP contribution in [0.1, 0.15) is 42.2 Å². The minimum absolute atomic E-state index is 0.0771. The summed E-state index contributed by atoms with van der Waals surface area (Å²) >= 11 is 1.64. The van der Waals surface area contributed by atoms with E-state index in [1.165, 1.54) is 0 Å². The van der Waals surface area contributed by atoms with E-state index < -0.39 is 10.0 Å². The molecule has 0 radical (unpaired) electrons. The van der Waals surface area contributed by atoms with Gasteiger partial charge < -0.3 is 9.80 Å². The van der Waals surface area contributed by atoms with Gasteiger partial charge in [0, 0.05) is 42.7 Å². The van der Waals surface area contributed by atoms with E-state index in [1.54, 1.807) is 29.5 Å². The van der Waals surface area contributed by atoms with Crippen molar-refractivity contribution in [3.8, 4) is 0 Å². The van der Waals surface area contributed by atoms with Crippen molar-refractivity contribution < 1.29 is 13.2 Å². The lowest BCUT2D eigenvalue weighted by Gasteiger charge is -2.36. The van der Waals surface area contributed by atoms with Crippen molar-refractivity contribution in [3.05, 3.63) is 46.4 Å². The summed E-state index contributed by atoms with van der Waals surface area (Å²) in [4.78, 5) is 21.9. The number of fused-ring (bicyclic) bond motifs is 1. The van der Waals surface area contributed by atoms with E-state index in [4.69, 9.17) is 0 Å². The Bertz CT molecular complexity index is 1070.